The van der Waals surface area contributed by atoms with Crippen LogP contribution in [0.4, 0.5) is 0 Å². The molecule has 26 heavy (non-hydrogen) atoms. The highest BCUT2D eigenvalue weighted by molar-refractivity contribution is 6.04. The number of hydrogen-bond donors (Lipinski definition) is 3. The van der Waals surface area contributed by atoms with Crippen molar-refractivity contribution >= 4 is 17.8 Å². The summed E-state index contributed by atoms with van der Waals surface area (Å²) in [5.41, 5.74) is 0.284. The van der Waals surface area contributed by atoms with Gasteiger partial charge in [0.2, 0.25) is 5.90 Å². The summed E-state index contributed by atoms with van der Waals surface area (Å²) >= 11 is 0. The topological polar surface area (TPSA) is 126 Å². The van der Waals surface area contributed by atoms with Gasteiger partial charge in [-0.05, 0) is 18.6 Å². The highest BCUT2D eigenvalue weighted by atomic mass is 16.6. The first kappa shape index (κ1) is 21.3. The highest BCUT2D eigenvalue weighted by Crippen LogP contribution is 2.12. The molecule has 0 bridgehead atoms. The van der Waals surface area contributed by atoms with Crippen LogP contribution < -0.4 is 0 Å². The monoisotopic (exact) mass is 365 g/mol. The minimum atomic E-state index is -1.19. The summed E-state index contributed by atoms with van der Waals surface area (Å²) in [5, 5.41) is 27.1. The van der Waals surface area contributed by atoms with Crippen LogP contribution in [0.3, 0.4) is 0 Å². The zero-order valence-electron chi connectivity index (χ0n) is 14.5. The average molecular weight is 365 g/mol. The Labute approximate surface area is 151 Å². The van der Waals surface area contributed by atoms with Crippen molar-refractivity contribution in [3.8, 4) is 0 Å². The molecule has 1 aromatic rings. The van der Waals surface area contributed by atoms with Crippen LogP contribution >= 0.6 is 0 Å². The molecule has 0 fully saturated rings. The first-order valence-electron chi connectivity index (χ1n) is 8.02. The van der Waals surface area contributed by atoms with Crippen molar-refractivity contribution in [3.05, 3.63) is 48.0 Å². The van der Waals surface area contributed by atoms with Crippen molar-refractivity contribution < 1.29 is 34.0 Å². The number of carbonyl (C=O) groups is 2. The third-order valence-electron chi connectivity index (χ3n) is 3.27. The van der Waals surface area contributed by atoms with Gasteiger partial charge in [-0.15, -0.1) is 0 Å². The SMILES string of the molecule is C=CC(=O)OCC(O)COC(=O)c1ccccc1C(=N)OCC(O)CC. The fourth-order valence-corrected chi connectivity index (χ4v) is 1.77. The van der Waals surface area contributed by atoms with Crippen molar-refractivity contribution in [1.82, 2.24) is 0 Å². The lowest BCUT2D eigenvalue weighted by Gasteiger charge is -2.15. The van der Waals surface area contributed by atoms with E-state index < -0.39 is 24.1 Å². The summed E-state index contributed by atoms with van der Waals surface area (Å²) in [5.74, 6) is -1.73. The van der Waals surface area contributed by atoms with Gasteiger partial charge in [0.1, 0.15) is 25.9 Å². The Kier molecular flexibility index (Phi) is 9.04. The number of benzene rings is 1. The van der Waals surface area contributed by atoms with E-state index in [0.29, 0.717) is 6.42 Å². The Morgan fingerprint density at radius 1 is 1.08 bits per heavy atom. The van der Waals surface area contributed by atoms with Crippen LogP contribution in [0, 0.1) is 5.41 Å². The van der Waals surface area contributed by atoms with E-state index in [-0.39, 0.29) is 36.8 Å². The maximum Gasteiger partial charge on any atom is 0.339 e. The van der Waals surface area contributed by atoms with Crippen molar-refractivity contribution in [1.29, 1.82) is 5.41 Å². The summed E-state index contributed by atoms with van der Waals surface area (Å²) in [4.78, 5) is 23.1. The van der Waals surface area contributed by atoms with E-state index in [2.05, 4.69) is 11.3 Å². The molecule has 0 saturated heterocycles. The standard InChI is InChI=1S/C18H23NO7/c1-3-12(20)9-25-17(19)14-7-5-6-8-15(14)18(23)26-11-13(21)10-24-16(22)4-2/h4-8,12-13,19-21H,2-3,9-11H2,1H3. The second kappa shape index (κ2) is 11.0. The van der Waals surface area contributed by atoms with Crippen LogP contribution in [-0.4, -0.2) is 60.1 Å². The van der Waals surface area contributed by atoms with Gasteiger partial charge in [-0.3, -0.25) is 5.41 Å². The van der Waals surface area contributed by atoms with Crippen LogP contribution in [0.25, 0.3) is 0 Å². The van der Waals surface area contributed by atoms with E-state index in [1.807, 2.05) is 0 Å². The summed E-state index contributed by atoms with van der Waals surface area (Å²) in [6.45, 7) is 4.21. The van der Waals surface area contributed by atoms with Gasteiger partial charge in [0, 0.05) is 6.08 Å². The molecular weight excluding hydrogens is 342 g/mol. The molecule has 1 rings (SSSR count). The van der Waals surface area contributed by atoms with Gasteiger partial charge in [-0.2, -0.15) is 0 Å². The first-order valence-corrected chi connectivity index (χ1v) is 8.02. The van der Waals surface area contributed by atoms with Crippen LogP contribution in [0.15, 0.2) is 36.9 Å². The molecule has 2 atom stereocenters. The molecule has 0 saturated carbocycles. The van der Waals surface area contributed by atoms with Gasteiger partial charge in [0.15, 0.2) is 0 Å². The summed E-state index contributed by atoms with van der Waals surface area (Å²) in [6, 6.07) is 6.19. The molecule has 0 aromatic heterocycles. The molecule has 0 heterocycles. The second-order valence-corrected chi connectivity index (χ2v) is 5.33. The fourth-order valence-electron chi connectivity index (χ4n) is 1.77. The number of nitrogens with one attached hydrogen (secondary N) is 1. The Hall–Kier alpha value is -2.71. The lowest BCUT2D eigenvalue weighted by Crippen LogP contribution is -2.26. The third kappa shape index (κ3) is 7.04. The normalized spacial score (nSPS) is 12.6. The number of aliphatic hydroxyl groups excluding tert-OH is 2. The average Bonchev–Trinajstić information content (AvgIpc) is 2.67. The molecule has 0 radical (unpaired) electrons. The molecular formula is C18H23NO7. The molecule has 0 aliphatic rings. The van der Waals surface area contributed by atoms with E-state index in [1.165, 1.54) is 12.1 Å². The van der Waals surface area contributed by atoms with Crippen LogP contribution in [-0.2, 0) is 19.0 Å². The van der Waals surface area contributed by atoms with E-state index in [1.54, 1.807) is 19.1 Å². The zero-order valence-corrected chi connectivity index (χ0v) is 14.5. The van der Waals surface area contributed by atoms with Gasteiger partial charge in [0.05, 0.1) is 17.2 Å². The minimum absolute atomic E-state index is 0.0634. The number of carbonyl (C=O) groups excluding carboxylic acids is 2. The van der Waals surface area contributed by atoms with E-state index in [4.69, 9.17) is 14.9 Å². The molecule has 0 amide bonds. The molecule has 0 spiro atoms. The van der Waals surface area contributed by atoms with Crippen molar-refractivity contribution in [3.63, 3.8) is 0 Å². The summed E-state index contributed by atoms with van der Waals surface area (Å²) in [6.07, 6.45) is -0.463. The molecule has 1 aromatic carbocycles. The number of hydrogen-bond acceptors (Lipinski definition) is 8. The maximum atomic E-state index is 12.2. The summed E-state index contributed by atoms with van der Waals surface area (Å²) < 4.78 is 14.8. The predicted octanol–water partition coefficient (Wildman–Crippen LogP) is 1.05. The van der Waals surface area contributed by atoms with Crippen molar-refractivity contribution in [2.75, 3.05) is 19.8 Å². The zero-order chi connectivity index (χ0) is 19.5. The number of aliphatic hydroxyl groups is 2. The molecule has 8 heteroatoms. The maximum absolute atomic E-state index is 12.2. The molecule has 3 N–H and O–H groups in total. The Morgan fingerprint density at radius 2 is 1.65 bits per heavy atom. The van der Waals surface area contributed by atoms with Gasteiger partial charge in [-0.1, -0.05) is 25.6 Å². The van der Waals surface area contributed by atoms with Crippen molar-refractivity contribution in [2.45, 2.75) is 25.6 Å². The van der Waals surface area contributed by atoms with Crippen LogP contribution in [0.5, 0.6) is 0 Å². The molecule has 0 aliphatic carbocycles. The fraction of sp³-hybridized carbons (Fsp3) is 0.389. The van der Waals surface area contributed by atoms with Gasteiger partial charge in [0.25, 0.3) is 0 Å². The van der Waals surface area contributed by atoms with E-state index in [0.717, 1.165) is 6.08 Å². The molecule has 2 unspecified atom stereocenters. The predicted molar refractivity (Wildman–Crippen MR) is 93.0 cm³/mol. The van der Waals surface area contributed by atoms with Gasteiger partial charge >= 0.3 is 11.9 Å². The minimum Gasteiger partial charge on any atom is -0.475 e. The quantitative estimate of drug-likeness (QED) is 0.245. The summed E-state index contributed by atoms with van der Waals surface area (Å²) in [7, 11) is 0. The van der Waals surface area contributed by atoms with E-state index in [9.17, 15) is 19.8 Å². The smallest absolute Gasteiger partial charge is 0.339 e. The largest absolute Gasteiger partial charge is 0.475 e. The number of rotatable bonds is 10. The Balaban J connectivity index is 2.65. The molecule has 8 nitrogen and oxygen atoms in total. The molecule has 142 valence electrons. The number of ether oxygens (including phenoxy) is 3. The van der Waals surface area contributed by atoms with Crippen LogP contribution in [0.2, 0.25) is 0 Å². The number of esters is 2. The second-order valence-electron chi connectivity index (χ2n) is 5.33. The van der Waals surface area contributed by atoms with Gasteiger partial charge in [-0.25, -0.2) is 9.59 Å². The highest BCUT2D eigenvalue weighted by Gasteiger charge is 2.19. The Morgan fingerprint density at radius 3 is 2.27 bits per heavy atom. The first-order chi connectivity index (χ1) is 12.4. The van der Waals surface area contributed by atoms with Gasteiger partial charge < -0.3 is 24.4 Å². The lowest BCUT2D eigenvalue weighted by atomic mass is 10.1. The lowest BCUT2D eigenvalue weighted by molar-refractivity contribution is -0.141. The van der Waals surface area contributed by atoms with Crippen molar-refractivity contribution in [2.24, 2.45) is 0 Å². The molecule has 0 aliphatic heterocycles. The third-order valence-corrected chi connectivity index (χ3v) is 3.27. The van der Waals surface area contributed by atoms with Crippen LogP contribution in [0.1, 0.15) is 29.3 Å². The van der Waals surface area contributed by atoms with E-state index >= 15 is 0 Å². The Bertz CT molecular complexity index is 644.